The predicted molar refractivity (Wildman–Crippen MR) is 92.9 cm³/mol. The first-order chi connectivity index (χ1) is 10.5. The molecule has 4 rings (SSSR count). The smallest absolute Gasteiger partial charge is 0.121 e. The molecule has 1 aliphatic heterocycles. The topological polar surface area (TPSA) is 24.4 Å². The summed E-state index contributed by atoms with van der Waals surface area (Å²) in [6.45, 7) is 9.06. The van der Waals surface area contributed by atoms with Crippen molar-refractivity contribution in [2.75, 3.05) is 5.32 Å². The average molecular weight is 290 g/mol. The van der Waals surface area contributed by atoms with Crippen molar-refractivity contribution in [3.05, 3.63) is 64.7 Å². The van der Waals surface area contributed by atoms with E-state index in [1.807, 2.05) is 0 Å². The van der Waals surface area contributed by atoms with Crippen LogP contribution in [0.1, 0.15) is 49.9 Å². The zero-order chi connectivity index (χ0) is 15.5. The van der Waals surface area contributed by atoms with Gasteiger partial charge in [0.2, 0.25) is 0 Å². The summed E-state index contributed by atoms with van der Waals surface area (Å²) in [5.74, 6) is 0.464. The molecule has 0 bridgehead atoms. The fourth-order valence-electron chi connectivity index (χ4n) is 3.74. The van der Waals surface area contributed by atoms with Gasteiger partial charge in [-0.1, -0.05) is 64.1 Å². The van der Waals surface area contributed by atoms with Crippen molar-refractivity contribution < 1.29 is 0 Å². The molecule has 1 aliphatic carbocycles. The lowest BCUT2D eigenvalue weighted by Gasteiger charge is -2.40. The van der Waals surface area contributed by atoms with Gasteiger partial charge in [-0.15, -0.1) is 0 Å². The van der Waals surface area contributed by atoms with Crippen LogP contribution >= 0.6 is 0 Å². The molecule has 2 aliphatic rings. The number of rotatable bonds is 1. The van der Waals surface area contributed by atoms with E-state index in [9.17, 15) is 0 Å². The number of benzene rings is 2. The summed E-state index contributed by atoms with van der Waals surface area (Å²) >= 11 is 0. The van der Waals surface area contributed by atoms with E-state index < -0.39 is 0 Å². The van der Waals surface area contributed by atoms with Gasteiger partial charge in [0.05, 0.1) is 5.71 Å². The van der Waals surface area contributed by atoms with Gasteiger partial charge in [-0.25, -0.2) is 0 Å². The molecule has 2 aromatic rings. The molecule has 0 spiro atoms. The highest BCUT2D eigenvalue weighted by atomic mass is 15.1. The van der Waals surface area contributed by atoms with Crippen LogP contribution in [-0.2, 0) is 5.41 Å². The molecule has 0 fully saturated rings. The first kappa shape index (κ1) is 13.6. The van der Waals surface area contributed by atoms with Gasteiger partial charge in [0, 0.05) is 22.2 Å². The zero-order valence-corrected chi connectivity index (χ0v) is 13.6. The summed E-state index contributed by atoms with van der Waals surface area (Å²) in [6, 6.07) is 15.3. The average Bonchev–Trinajstić information content (AvgIpc) is 2.52. The second-order valence-electron chi connectivity index (χ2n) is 7.21. The Labute approximate surface area is 132 Å². The van der Waals surface area contributed by atoms with E-state index in [-0.39, 0.29) is 11.6 Å². The van der Waals surface area contributed by atoms with E-state index in [4.69, 9.17) is 4.99 Å². The Morgan fingerprint density at radius 2 is 1.73 bits per heavy atom. The Morgan fingerprint density at radius 1 is 1.00 bits per heavy atom. The van der Waals surface area contributed by atoms with Gasteiger partial charge in [0.25, 0.3) is 0 Å². The fourth-order valence-corrected chi connectivity index (χ4v) is 3.74. The maximum Gasteiger partial charge on any atom is 0.121 e. The first-order valence-corrected chi connectivity index (χ1v) is 8.08. The minimum absolute atomic E-state index is 0.00725. The minimum Gasteiger partial charge on any atom is -0.363 e. The first-order valence-electron chi connectivity index (χ1n) is 8.08. The van der Waals surface area contributed by atoms with Crippen LogP contribution in [0.25, 0.3) is 0 Å². The summed E-state index contributed by atoms with van der Waals surface area (Å²) in [4.78, 5) is 5.07. The highest BCUT2D eigenvalue weighted by molar-refractivity contribution is 6.20. The van der Waals surface area contributed by atoms with Gasteiger partial charge < -0.3 is 5.32 Å². The second-order valence-corrected chi connectivity index (χ2v) is 7.21. The third kappa shape index (κ3) is 1.70. The molecule has 0 aromatic heterocycles. The predicted octanol–water partition coefficient (Wildman–Crippen LogP) is 4.57. The van der Waals surface area contributed by atoms with Crippen LogP contribution in [0.2, 0.25) is 0 Å². The molecule has 1 heterocycles. The molecule has 112 valence electrons. The van der Waals surface area contributed by atoms with E-state index >= 15 is 0 Å². The zero-order valence-electron chi connectivity index (χ0n) is 13.6. The molecule has 1 unspecified atom stereocenters. The molecule has 2 heteroatoms. The summed E-state index contributed by atoms with van der Waals surface area (Å²) in [5.41, 5.74) is 7.73. The van der Waals surface area contributed by atoms with Crippen molar-refractivity contribution in [1.82, 2.24) is 0 Å². The van der Waals surface area contributed by atoms with Crippen molar-refractivity contribution in [3.8, 4) is 0 Å². The third-order valence-electron chi connectivity index (χ3n) is 5.03. The molecular weight excluding hydrogens is 268 g/mol. The minimum atomic E-state index is 0.00725. The Morgan fingerprint density at radius 3 is 2.50 bits per heavy atom. The monoisotopic (exact) mass is 290 g/mol. The second kappa shape index (κ2) is 4.45. The molecular formula is C20H22N2. The maximum absolute atomic E-state index is 5.07. The van der Waals surface area contributed by atoms with E-state index in [0.29, 0.717) is 5.92 Å². The molecule has 0 amide bonds. The molecule has 22 heavy (non-hydrogen) atoms. The summed E-state index contributed by atoms with van der Waals surface area (Å²) < 4.78 is 0. The third-order valence-corrected chi connectivity index (χ3v) is 5.03. The molecule has 1 atom stereocenters. The van der Waals surface area contributed by atoms with Gasteiger partial charge in [-0.3, -0.25) is 4.99 Å². The standard InChI is InChI=1S/C20H22N2/c1-12(2)19-21-16-11-7-10-15-17(16)18(22-19)13-8-5-6-9-14(13)20(15,3)4/h5-12,19,21H,1-4H3. The quantitative estimate of drug-likeness (QED) is 0.817. The number of anilines is 1. The van der Waals surface area contributed by atoms with E-state index in [1.165, 1.54) is 27.9 Å². The SMILES string of the molecule is CC(C)C1N=C2c3ccccc3C(C)(C)c3cccc(c32)N1. The van der Waals surface area contributed by atoms with Crippen LogP contribution in [0.4, 0.5) is 5.69 Å². The summed E-state index contributed by atoms with van der Waals surface area (Å²) in [7, 11) is 0. The van der Waals surface area contributed by atoms with Gasteiger partial charge in [-0.05, 0) is 23.1 Å². The van der Waals surface area contributed by atoms with Gasteiger partial charge in [0.1, 0.15) is 6.17 Å². The van der Waals surface area contributed by atoms with Gasteiger partial charge >= 0.3 is 0 Å². The van der Waals surface area contributed by atoms with E-state index in [2.05, 4.69) is 75.5 Å². The van der Waals surface area contributed by atoms with Gasteiger partial charge in [0.15, 0.2) is 0 Å². The Hall–Kier alpha value is -2.09. The van der Waals surface area contributed by atoms with Crippen molar-refractivity contribution in [3.63, 3.8) is 0 Å². The molecule has 0 saturated heterocycles. The van der Waals surface area contributed by atoms with Crippen LogP contribution in [0, 0.1) is 5.92 Å². The van der Waals surface area contributed by atoms with Crippen LogP contribution < -0.4 is 5.32 Å². The summed E-state index contributed by atoms with van der Waals surface area (Å²) in [6.07, 6.45) is 0.145. The van der Waals surface area contributed by atoms with Crippen LogP contribution in [0.3, 0.4) is 0 Å². The maximum atomic E-state index is 5.07. The molecule has 0 saturated carbocycles. The van der Waals surface area contributed by atoms with Crippen molar-refractivity contribution in [1.29, 1.82) is 0 Å². The highest BCUT2D eigenvalue weighted by Gasteiger charge is 2.38. The molecule has 1 N–H and O–H groups in total. The number of hydrogen-bond acceptors (Lipinski definition) is 2. The van der Waals surface area contributed by atoms with Crippen LogP contribution in [0.5, 0.6) is 0 Å². The molecule has 2 nitrogen and oxygen atoms in total. The van der Waals surface area contributed by atoms with E-state index in [1.54, 1.807) is 0 Å². The number of nitrogens with zero attached hydrogens (tertiary/aromatic N) is 1. The van der Waals surface area contributed by atoms with Crippen LogP contribution in [0.15, 0.2) is 47.5 Å². The van der Waals surface area contributed by atoms with Crippen molar-refractivity contribution >= 4 is 11.4 Å². The molecule has 0 radical (unpaired) electrons. The van der Waals surface area contributed by atoms with Gasteiger partial charge in [-0.2, -0.15) is 0 Å². The Kier molecular flexibility index (Phi) is 2.75. The van der Waals surface area contributed by atoms with Crippen molar-refractivity contribution in [2.24, 2.45) is 10.9 Å². The van der Waals surface area contributed by atoms with Crippen molar-refractivity contribution in [2.45, 2.75) is 39.3 Å². The number of hydrogen-bond donors (Lipinski definition) is 1. The van der Waals surface area contributed by atoms with Crippen LogP contribution in [-0.4, -0.2) is 11.9 Å². The lowest BCUT2D eigenvalue weighted by Crippen LogP contribution is -2.37. The number of aliphatic imine (C=N–C) groups is 1. The summed E-state index contributed by atoms with van der Waals surface area (Å²) in [5, 5.41) is 3.62. The lowest BCUT2D eigenvalue weighted by molar-refractivity contribution is 0.537. The normalized spacial score (nSPS) is 20.8. The fraction of sp³-hybridized carbons (Fsp3) is 0.350. The highest BCUT2D eigenvalue weighted by Crippen LogP contribution is 2.45. The number of fused-ring (bicyclic) bond motifs is 2. The Balaban J connectivity index is 2.06. The largest absolute Gasteiger partial charge is 0.363 e. The Bertz CT molecular complexity index is 784. The molecule has 2 aromatic carbocycles. The lowest BCUT2D eigenvalue weighted by atomic mass is 9.67. The van der Waals surface area contributed by atoms with E-state index in [0.717, 1.165) is 5.71 Å². The number of nitrogens with one attached hydrogen (secondary N) is 1.